The summed E-state index contributed by atoms with van der Waals surface area (Å²) in [6.45, 7) is -0.746. The summed E-state index contributed by atoms with van der Waals surface area (Å²) < 4.78 is 28.8. The molecule has 2 atom stereocenters. The number of halogens is 2. The normalized spacial score (nSPS) is 13.1. The third-order valence-corrected chi connectivity index (χ3v) is 5.14. The van der Waals surface area contributed by atoms with Crippen molar-refractivity contribution in [3.05, 3.63) is 101 Å². The summed E-state index contributed by atoms with van der Waals surface area (Å²) in [6.07, 6.45) is -1.54. The molecule has 0 fully saturated rings. The fourth-order valence-electron chi connectivity index (χ4n) is 3.54. The number of aliphatic hydroxyl groups is 2. The van der Waals surface area contributed by atoms with E-state index < -0.39 is 47.4 Å². The zero-order valence-corrected chi connectivity index (χ0v) is 16.6. The van der Waals surface area contributed by atoms with E-state index in [0.29, 0.717) is 11.0 Å². The van der Waals surface area contributed by atoms with Gasteiger partial charge in [-0.15, -0.1) is 0 Å². The molecule has 0 amide bonds. The van der Waals surface area contributed by atoms with Crippen LogP contribution in [0, 0.1) is 11.6 Å². The maximum Gasteiger partial charge on any atom is 0.184 e. The standard InChI is InChI=1S/C24H18F2N2O4/c25-14-6-3-5-13(11-14)22(31)20(24-27-17-9-1-2-10-18(17)28-24)23(32)16-8-4-7-15(21(16)26)19(30)12-29/h1-11,19-20,29-30H,12H2,(H,27,28). The van der Waals surface area contributed by atoms with Gasteiger partial charge < -0.3 is 15.2 Å². The van der Waals surface area contributed by atoms with Gasteiger partial charge in [0.25, 0.3) is 0 Å². The maximum atomic E-state index is 15.1. The van der Waals surface area contributed by atoms with Crippen molar-refractivity contribution in [2.24, 2.45) is 0 Å². The van der Waals surface area contributed by atoms with E-state index in [9.17, 15) is 19.1 Å². The number of aromatic nitrogens is 2. The lowest BCUT2D eigenvalue weighted by atomic mass is 9.88. The Morgan fingerprint density at radius 2 is 1.72 bits per heavy atom. The molecule has 1 heterocycles. The fourth-order valence-corrected chi connectivity index (χ4v) is 3.54. The molecular weight excluding hydrogens is 418 g/mol. The van der Waals surface area contributed by atoms with Crippen molar-refractivity contribution >= 4 is 22.6 Å². The molecule has 8 heteroatoms. The number of carbonyl (C=O) groups is 2. The number of para-hydroxylation sites is 2. The lowest BCUT2D eigenvalue weighted by Gasteiger charge is -2.16. The van der Waals surface area contributed by atoms with Crippen LogP contribution >= 0.6 is 0 Å². The number of carbonyl (C=O) groups excluding carboxylic acids is 2. The topological polar surface area (TPSA) is 103 Å². The SMILES string of the molecule is O=C(c1cccc(F)c1)C(C(=O)c1cccc(C(O)CO)c1F)c1nc2ccccc2[nH]1. The van der Waals surface area contributed by atoms with Crippen molar-refractivity contribution in [3.63, 3.8) is 0 Å². The predicted octanol–water partition coefficient (Wildman–Crippen LogP) is 3.72. The molecule has 3 N–H and O–H groups in total. The molecular formula is C24H18F2N2O4. The van der Waals surface area contributed by atoms with Crippen LogP contribution in [0.15, 0.2) is 66.7 Å². The van der Waals surface area contributed by atoms with Crippen LogP contribution in [0.2, 0.25) is 0 Å². The molecule has 3 aromatic carbocycles. The number of ketones is 2. The smallest absolute Gasteiger partial charge is 0.184 e. The first-order valence-corrected chi connectivity index (χ1v) is 9.76. The Bertz CT molecular complexity index is 1290. The molecule has 0 aliphatic carbocycles. The Labute approximate surface area is 181 Å². The zero-order chi connectivity index (χ0) is 22.8. The molecule has 0 aliphatic heterocycles. The number of Topliss-reactive ketones (excluding diaryl/α,β-unsaturated/α-hetero) is 2. The van der Waals surface area contributed by atoms with Crippen LogP contribution in [0.1, 0.15) is 44.1 Å². The molecule has 32 heavy (non-hydrogen) atoms. The summed E-state index contributed by atoms with van der Waals surface area (Å²) in [5, 5.41) is 19.0. The highest BCUT2D eigenvalue weighted by Gasteiger charge is 2.35. The number of imidazole rings is 1. The van der Waals surface area contributed by atoms with Crippen molar-refractivity contribution < 1.29 is 28.6 Å². The van der Waals surface area contributed by atoms with Gasteiger partial charge in [-0.25, -0.2) is 13.8 Å². The van der Waals surface area contributed by atoms with Gasteiger partial charge in [-0.3, -0.25) is 9.59 Å². The summed E-state index contributed by atoms with van der Waals surface area (Å²) in [5.74, 6) is -4.99. The Hall–Kier alpha value is -3.75. The van der Waals surface area contributed by atoms with Gasteiger partial charge in [-0.05, 0) is 30.3 Å². The number of aromatic amines is 1. The second-order valence-corrected chi connectivity index (χ2v) is 7.22. The third kappa shape index (κ3) is 3.93. The van der Waals surface area contributed by atoms with Crippen LogP contribution < -0.4 is 0 Å². The van der Waals surface area contributed by atoms with Crippen molar-refractivity contribution in [2.75, 3.05) is 6.61 Å². The fraction of sp³-hybridized carbons (Fsp3) is 0.125. The molecule has 162 valence electrons. The average Bonchev–Trinajstić information content (AvgIpc) is 3.22. The van der Waals surface area contributed by atoms with Crippen LogP contribution in [-0.4, -0.2) is 38.4 Å². The van der Waals surface area contributed by atoms with Crippen molar-refractivity contribution in [3.8, 4) is 0 Å². The van der Waals surface area contributed by atoms with Crippen LogP contribution in [0.3, 0.4) is 0 Å². The molecule has 1 aromatic heterocycles. The Morgan fingerprint density at radius 3 is 2.44 bits per heavy atom. The zero-order valence-electron chi connectivity index (χ0n) is 16.6. The molecule has 4 aromatic rings. The lowest BCUT2D eigenvalue weighted by molar-refractivity contribution is 0.0848. The molecule has 2 unspecified atom stereocenters. The van der Waals surface area contributed by atoms with Crippen molar-refractivity contribution in [2.45, 2.75) is 12.0 Å². The third-order valence-electron chi connectivity index (χ3n) is 5.14. The van der Waals surface area contributed by atoms with E-state index in [4.69, 9.17) is 5.11 Å². The minimum Gasteiger partial charge on any atom is -0.393 e. The Morgan fingerprint density at radius 1 is 0.969 bits per heavy atom. The van der Waals surface area contributed by atoms with Gasteiger partial charge in [0.05, 0.1) is 23.2 Å². The summed E-state index contributed by atoms with van der Waals surface area (Å²) in [4.78, 5) is 34.0. The average molecular weight is 436 g/mol. The molecule has 0 saturated carbocycles. The first-order valence-electron chi connectivity index (χ1n) is 9.76. The largest absolute Gasteiger partial charge is 0.393 e. The van der Waals surface area contributed by atoms with E-state index in [2.05, 4.69) is 9.97 Å². The number of H-pyrrole nitrogens is 1. The molecule has 4 rings (SSSR count). The predicted molar refractivity (Wildman–Crippen MR) is 112 cm³/mol. The number of rotatable bonds is 7. The highest BCUT2D eigenvalue weighted by molar-refractivity contribution is 6.20. The summed E-state index contributed by atoms with van der Waals surface area (Å²) in [7, 11) is 0. The first kappa shape index (κ1) is 21.5. The number of nitrogens with zero attached hydrogens (tertiary/aromatic N) is 1. The van der Waals surface area contributed by atoms with Crippen LogP contribution in [-0.2, 0) is 0 Å². The van der Waals surface area contributed by atoms with E-state index in [1.807, 2.05) is 0 Å². The summed E-state index contributed by atoms with van der Waals surface area (Å²) >= 11 is 0. The molecule has 0 spiro atoms. The minimum absolute atomic E-state index is 0.0158. The number of aliphatic hydroxyl groups excluding tert-OH is 2. The van der Waals surface area contributed by atoms with E-state index in [1.54, 1.807) is 24.3 Å². The van der Waals surface area contributed by atoms with Gasteiger partial charge in [0.15, 0.2) is 11.6 Å². The number of hydrogen-bond acceptors (Lipinski definition) is 5. The van der Waals surface area contributed by atoms with E-state index in [1.165, 1.54) is 30.3 Å². The van der Waals surface area contributed by atoms with Crippen molar-refractivity contribution in [1.82, 2.24) is 9.97 Å². The summed E-state index contributed by atoms with van der Waals surface area (Å²) in [5.41, 5.74) is 0.260. The molecule has 0 saturated heterocycles. The second kappa shape index (κ2) is 8.78. The number of fused-ring (bicyclic) bond motifs is 1. The van der Waals surface area contributed by atoms with E-state index in [0.717, 1.165) is 12.1 Å². The van der Waals surface area contributed by atoms with Crippen LogP contribution in [0.25, 0.3) is 11.0 Å². The second-order valence-electron chi connectivity index (χ2n) is 7.22. The van der Waals surface area contributed by atoms with Gasteiger partial charge in [0, 0.05) is 11.1 Å². The molecule has 0 aliphatic rings. The van der Waals surface area contributed by atoms with Crippen LogP contribution in [0.5, 0.6) is 0 Å². The van der Waals surface area contributed by atoms with Crippen LogP contribution in [0.4, 0.5) is 8.78 Å². The van der Waals surface area contributed by atoms with Gasteiger partial charge >= 0.3 is 0 Å². The van der Waals surface area contributed by atoms with Gasteiger partial charge in [0.2, 0.25) is 0 Å². The minimum atomic E-state index is -1.58. The molecule has 6 nitrogen and oxygen atoms in total. The maximum absolute atomic E-state index is 15.1. The van der Waals surface area contributed by atoms with Gasteiger partial charge in [-0.1, -0.05) is 36.4 Å². The van der Waals surface area contributed by atoms with Gasteiger partial charge in [-0.2, -0.15) is 0 Å². The van der Waals surface area contributed by atoms with Crippen molar-refractivity contribution in [1.29, 1.82) is 0 Å². The summed E-state index contributed by atoms with van der Waals surface area (Å²) in [6, 6.07) is 15.5. The molecule has 0 radical (unpaired) electrons. The Balaban J connectivity index is 1.86. The van der Waals surface area contributed by atoms with E-state index >= 15 is 4.39 Å². The lowest BCUT2D eigenvalue weighted by Crippen LogP contribution is -2.25. The monoisotopic (exact) mass is 436 g/mol. The highest BCUT2D eigenvalue weighted by Crippen LogP contribution is 2.29. The number of hydrogen-bond donors (Lipinski definition) is 3. The highest BCUT2D eigenvalue weighted by atomic mass is 19.1. The van der Waals surface area contributed by atoms with Gasteiger partial charge in [0.1, 0.15) is 29.5 Å². The Kier molecular flexibility index (Phi) is 5.89. The number of nitrogens with one attached hydrogen (secondary N) is 1. The van der Waals surface area contributed by atoms with E-state index in [-0.39, 0.29) is 17.0 Å². The number of benzene rings is 3. The quantitative estimate of drug-likeness (QED) is 0.303. The first-order chi connectivity index (χ1) is 15.4. The molecule has 0 bridgehead atoms.